The number of aromatic nitrogens is 4. The second-order valence-electron chi connectivity index (χ2n) is 9.90. The molecule has 0 aliphatic carbocycles. The molecule has 0 radical (unpaired) electrons. The third kappa shape index (κ3) is 6.38. The summed E-state index contributed by atoms with van der Waals surface area (Å²) in [7, 11) is 0. The average Bonchev–Trinajstić information content (AvgIpc) is 3.36. The fraction of sp³-hybridized carbons (Fsp3) is 0.462. The van der Waals surface area contributed by atoms with Crippen LogP contribution in [0, 0.1) is 0 Å². The van der Waals surface area contributed by atoms with Gasteiger partial charge in [-0.1, -0.05) is 11.6 Å². The minimum Gasteiger partial charge on any atom is -0.447 e. The maximum atomic E-state index is 13.5. The summed E-state index contributed by atoms with van der Waals surface area (Å²) in [5, 5.41) is 6.68. The lowest BCUT2D eigenvalue weighted by Gasteiger charge is -2.45. The highest BCUT2D eigenvalue weighted by Gasteiger charge is 2.38. The van der Waals surface area contributed by atoms with Gasteiger partial charge in [0.2, 0.25) is 5.95 Å². The van der Waals surface area contributed by atoms with Crippen LogP contribution in [0.1, 0.15) is 51.7 Å². The van der Waals surface area contributed by atoms with Gasteiger partial charge in [-0.05, 0) is 64.3 Å². The Bertz CT molecular complexity index is 1220. The molecule has 0 saturated carbocycles. The maximum absolute atomic E-state index is 13.5. The number of carbonyl (C=O) groups is 1. The topological polar surface area (TPSA) is 87.2 Å². The first-order valence-electron chi connectivity index (χ1n) is 12.4. The molecule has 12 heteroatoms. The van der Waals surface area contributed by atoms with E-state index in [1.807, 2.05) is 18.7 Å². The van der Waals surface area contributed by atoms with Crippen molar-refractivity contribution in [2.24, 2.45) is 0 Å². The molecule has 8 nitrogen and oxygen atoms in total. The van der Waals surface area contributed by atoms with Crippen LogP contribution in [0.3, 0.4) is 0 Å². The Morgan fingerprint density at radius 3 is 2.34 bits per heavy atom. The molecular weight excluding hydrogens is 521 g/mol. The predicted molar refractivity (Wildman–Crippen MR) is 138 cm³/mol. The van der Waals surface area contributed by atoms with Crippen molar-refractivity contribution in [2.45, 2.75) is 77.5 Å². The summed E-state index contributed by atoms with van der Waals surface area (Å²) in [6.07, 6.45) is 2.63. The Hall–Kier alpha value is -3.34. The Kier molecular flexibility index (Phi) is 8.15. The third-order valence-electron chi connectivity index (χ3n) is 6.53. The number of H-pyrrole nitrogens is 1. The SMILES string of the molecule is CC(C)OC(=O)N1C(C)CC(N(Cc2cc(Cl)cc(C(F)(F)F)c2)c2ncc(-c3cn[nH]c3)cn2)CC1C. The number of nitrogens with one attached hydrogen (secondary N) is 1. The first-order valence-corrected chi connectivity index (χ1v) is 12.7. The number of halogens is 4. The van der Waals surface area contributed by atoms with E-state index >= 15 is 0 Å². The predicted octanol–water partition coefficient (Wildman–Crippen LogP) is 6.33. The summed E-state index contributed by atoms with van der Waals surface area (Å²) >= 11 is 6.07. The lowest BCUT2D eigenvalue weighted by Crippen LogP contribution is -2.55. The molecule has 204 valence electrons. The van der Waals surface area contributed by atoms with E-state index in [1.54, 1.807) is 43.5 Å². The number of anilines is 1. The molecule has 1 aliphatic heterocycles. The molecule has 1 fully saturated rings. The number of piperidine rings is 1. The van der Waals surface area contributed by atoms with Crippen LogP contribution in [0.15, 0.2) is 43.0 Å². The van der Waals surface area contributed by atoms with E-state index in [9.17, 15) is 18.0 Å². The Balaban J connectivity index is 1.66. The molecule has 1 N–H and O–H groups in total. The van der Waals surface area contributed by atoms with E-state index < -0.39 is 11.7 Å². The molecular formula is C26H30ClF3N6O2. The van der Waals surface area contributed by atoms with Crippen molar-refractivity contribution >= 4 is 23.6 Å². The van der Waals surface area contributed by atoms with Crippen molar-refractivity contribution in [1.29, 1.82) is 0 Å². The minimum atomic E-state index is -4.53. The van der Waals surface area contributed by atoms with E-state index in [4.69, 9.17) is 16.3 Å². The van der Waals surface area contributed by atoms with E-state index in [0.717, 1.165) is 23.3 Å². The molecule has 38 heavy (non-hydrogen) atoms. The number of ether oxygens (including phenoxy) is 1. The first kappa shape index (κ1) is 27.7. The Labute approximate surface area is 224 Å². The number of hydrogen-bond acceptors (Lipinski definition) is 6. The van der Waals surface area contributed by atoms with Gasteiger partial charge in [-0.25, -0.2) is 14.8 Å². The van der Waals surface area contributed by atoms with Crippen molar-refractivity contribution < 1.29 is 22.7 Å². The van der Waals surface area contributed by atoms with Gasteiger partial charge in [0.25, 0.3) is 0 Å². The van der Waals surface area contributed by atoms with Crippen LogP contribution in [-0.2, 0) is 17.5 Å². The van der Waals surface area contributed by atoms with Crippen LogP contribution in [0.4, 0.5) is 23.9 Å². The molecule has 2 atom stereocenters. The van der Waals surface area contributed by atoms with Crippen molar-refractivity contribution in [1.82, 2.24) is 25.1 Å². The van der Waals surface area contributed by atoms with Gasteiger partial charge >= 0.3 is 12.3 Å². The standard InChI is InChI=1S/C26H30ClF3N6O2/c1-15(2)38-25(37)36-16(3)5-23(6-17(36)4)35(14-18-7-21(26(28,29)30)9-22(27)8-18)24-31-10-19(11-32-24)20-12-33-34-13-20/h7-13,15-17,23H,5-6,14H2,1-4H3,(H,33,34). The molecule has 3 heterocycles. The lowest BCUT2D eigenvalue weighted by molar-refractivity contribution is -0.137. The number of hydrogen-bond donors (Lipinski definition) is 1. The summed E-state index contributed by atoms with van der Waals surface area (Å²) < 4.78 is 45.9. The minimum absolute atomic E-state index is 0.000939. The highest BCUT2D eigenvalue weighted by molar-refractivity contribution is 6.30. The zero-order chi connectivity index (χ0) is 27.6. The Morgan fingerprint density at radius 2 is 1.79 bits per heavy atom. The smallest absolute Gasteiger partial charge is 0.416 e. The van der Waals surface area contributed by atoms with Crippen LogP contribution < -0.4 is 4.90 Å². The van der Waals surface area contributed by atoms with Crippen LogP contribution in [0.25, 0.3) is 11.1 Å². The largest absolute Gasteiger partial charge is 0.447 e. The molecule has 1 aromatic carbocycles. The molecule has 4 rings (SSSR count). The second kappa shape index (κ2) is 11.2. The summed E-state index contributed by atoms with van der Waals surface area (Å²) in [5.74, 6) is 0.369. The van der Waals surface area contributed by atoms with E-state index in [1.165, 1.54) is 6.07 Å². The van der Waals surface area contributed by atoms with Gasteiger partial charge in [0.05, 0.1) is 17.9 Å². The lowest BCUT2D eigenvalue weighted by atomic mass is 9.91. The fourth-order valence-electron chi connectivity index (χ4n) is 4.91. The zero-order valence-corrected chi connectivity index (χ0v) is 22.3. The van der Waals surface area contributed by atoms with E-state index in [0.29, 0.717) is 24.4 Å². The molecule has 3 aromatic rings. The zero-order valence-electron chi connectivity index (χ0n) is 21.5. The van der Waals surface area contributed by atoms with Crippen LogP contribution in [0.5, 0.6) is 0 Å². The summed E-state index contributed by atoms with van der Waals surface area (Å²) in [5.41, 5.74) is 1.13. The summed E-state index contributed by atoms with van der Waals surface area (Å²) in [6, 6.07) is 3.03. The summed E-state index contributed by atoms with van der Waals surface area (Å²) in [4.78, 5) is 25.4. The normalized spacial score (nSPS) is 20.0. The molecule has 1 aliphatic rings. The van der Waals surface area contributed by atoms with Crippen LogP contribution in [-0.4, -0.2) is 55.4 Å². The van der Waals surface area contributed by atoms with Gasteiger partial charge in [-0.15, -0.1) is 0 Å². The van der Waals surface area contributed by atoms with Crippen LogP contribution in [0.2, 0.25) is 5.02 Å². The number of carbonyl (C=O) groups excluding carboxylic acids is 1. The van der Waals surface area contributed by atoms with Crippen molar-refractivity contribution in [3.63, 3.8) is 0 Å². The monoisotopic (exact) mass is 550 g/mol. The van der Waals surface area contributed by atoms with Gasteiger partial charge in [0.15, 0.2) is 0 Å². The van der Waals surface area contributed by atoms with Gasteiger partial charge in [-0.3, -0.25) is 5.10 Å². The number of rotatable bonds is 6. The number of alkyl halides is 3. The van der Waals surface area contributed by atoms with E-state index in [2.05, 4.69) is 20.2 Å². The first-order chi connectivity index (χ1) is 17.9. The highest BCUT2D eigenvalue weighted by atomic mass is 35.5. The fourth-order valence-corrected chi connectivity index (χ4v) is 5.17. The average molecular weight is 551 g/mol. The number of amides is 1. The van der Waals surface area contributed by atoms with Gasteiger partial charge < -0.3 is 14.5 Å². The number of nitrogens with zero attached hydrogens (tertiary/aromatic N) is 5. The number of benzene rings is 1. The maximum Gasteiger partial charge on any atom is 0.416 e. The summed E-state index contributed by atoms with van der Waals surface area (Å²) in [6.45, 7) is 7.58. The van der Waals surface area contributed by atoms with Crippen molar-refractivity contribution in [3.8, 4) is 11.1 Å². The van der Waals surface area contributed by atoms with E-state index in [-0.39, 0.29) is 41.9 Å². The highest BCUT2D eigenvalue weighted by Crippen LogP contribution is 2.34. The van der Waals surface area contributed by atoms with Crippen molar-refractivity contribution in [3.05, 3.63) is 59.1 Å². The molecule has 2 unspecified atom stereocenters. The van der Waals surface area contributed by atoms with Crippen molar-refractivity contribution in [2.75, 3.05) is 4.90 Å². The molecule has 1 saturated heterocycles. The molecule has 0 spiro atoms. The molecule has 0 bridgehead atoms. The number of likely N-dealkylation sites (tertiary alicyclic amines) is 1. The molecule has 1 amide bonds. The van der Waals surface area contributed by atoms with Gasteiger partial charge in [0, 0.05) is 59.4 Å². The quantitative estimate of drug-likeness (QED) is 0.386. The van der Waals surface area contributed by atoms with Gasteiger partial charge in [0.1, 0.15) is 0 Å². The molecule has 2 aromatic heterocycles. The Morgan fingerprint density at radius 1 is 1.13 bits per heavy atom. The third-order valence-corrected chi connectivity index (χ3v) is 6.75. The number of aromatic amines is 1. The second-order valence-corrected chi connectivity index (χ2v) is 10.3. The van der Waals surface area contributed by atoms with Gasteiger partial charge in [-0.2, -0.15) is 18.3 Å². The van der Waals surface area contributed by atoms with Crippen LogP contribution >= 0.6 is 11.6 Å².